The Balaban J connectivity index is 3.80. The fourth-order valence-electron chi connectivity index (χ4n) is 2.07. The Morgan fingerprint density at radius 3 is 1.93 bits per heavy atom. The summed E-state index contributed by atoms with van der Waals surface area (Å²) in [7, 11) is 0. The van der Waals surface area contributed by atoms with Crippen LogP contribution in [-0.2, 0) is 0 Å². The van der Waals surface area contributed by atoms with Crippen molar-refractivity contribution in [3.8, 4) is 0 Å². The first-order valence-corrected chi connectivity index (χ1v) is 6.50. The molecule has 1 unspecified atom stereocenters. The van der Waals surface area contributed by atoms with Crippen LogP contribution in [0.15, 0.2) is 0 Å². The van der Waals surface area contributed by atoms with Gasteiger partial charge in [0, 0.05) is 6.54 Å². The van der Waals surface area contributed by atoms with Crippen LogP contribution in [0.2, 0.25) is 0 Å². The molecule has 0 aromatic carbocycles. The van der Waals surface area contributed by atoms with Gasteiger partial charge in [0.1, 0.15) is 0 Å². The Bertz CT molecular complexity index is 108. The van der Waals surface area contributed by atoms with Crippen molar-refractivity contribution in [1.82, 2.24) is 4.90 Å². The maximum Gasteiger partial charge on any atom is 0.000942 e. The minimum Gasteiger partial charge on any atom is -0.304 e. The van der Waals surface area contributed by atoms with Gasteiger partial charge in [-0.25, -0.2) is 0 Å². The van der Waals surface area contributed by atoms with Gasteiger partial charge in [0.15, 0.2) is 0 Å². The van der Waals surface area contributed by atoms with Crippen LogP contribution in [-0.4, -0.2) is 24.5 Å². The summed E-state index contributed by atoms with van der Waals surface area (Å²) in [5.41, 5.74) is 0. The van der Waals surface area contributed by atoms with Crippen LogP contribution in [0.25, 0.3) is 0 Å². The Labute approximate surface area is 90.9 Å². The quantitative estimate of drug-likeness (QED) is 0.544. The summed E-state index contributed by atoms with van der Waals surface area (Å²) >= 11 is 0. The fraction of sp³-hybridized carbons (Fsp3) is 1.00. The smallest absolute Gasteiger partial charge is 0.000942 e. The predicted octanol–water partition coefficient (Wildman–Crippen LogP) is 3.93. The lowest BCUT2D eigenvalue weighted by Gasteiger charge is -2.25. The van der Waals surface area contributed by atoms with Crippen LogP contribution in [0.1, 0.15) is 59.8 Å². The van der Waals surface area contributed by atoms with Gasteiger partial charge in [-0.05, 0) is 31.8 Å². The summed E-state index contributed by atoms with van der Waals surface area (Å²) in [6, 6.07) is 0. The zero-order valence-corrected chi connectivity index (χ0v) is 10.7. The molecule has 0 heterocycles. The molecular formula is C13H29N. The van der Waals surface area contributed by atoms with Crippen LogP contribution < -0.4 is 0 Å². The van der Waals surface area contributed by atoms with Crippen molar-refractivity contribution in [2.24, 2.45) is 5.92 Å². The molecule has 1 atom stereocenters. The number of nitrogens with zero attached hydrogens (tertiary/aromatic N) is 1. The molecule has 86 valence electrons. The van der Waals surface area contributed by atoms with Crippen LogP contribution in [0.4, 0.5) is 0 Å². The van der Waals surface area contributed by atoms with Crippen LogP contribution >= 0.6 is 0 Å². The maximum atomic E-state index is 2.57. The summed E-state index contributed by atoms with van der Waals surface area (Å²) in [6.07, 6.45) is 6.94. The molecule has 14 heavy (non-hydrogen) atoms. The average molecular weight is 199 g/mol. The van der Waals surface area contributed by atoms with Gasteiger partial charge in [0.25, 0.3) is 0 Å². The van der Waals surface area contributed by atoms with Crippen molar-refractivity contribution in [2.45, 2.75) is 59.8 Å². The minimum absolute atomic E-state index is 0.944. The van der Waals surface area contributed by atoms with E-state index in [-0.39, 0.29) is 0 Å². The van der Waals surface area contributed by atoms with E-state index < -0.39 is 0 Å². The highest BCUT2D eigenvalue weighted by Gasteiger charge is 2.10. The minimum atomic E-state index is 0.944. The summed E-state index contributed by atoms with van der Waals surface area (Å²) in [6.45, 7) is 12.9. The standard InChI is InChI=1S/C13H29N/c1-5-9-11-13(10-6-2)12-14(7-3)8-4/h13H,5-12H2,1-4H3. The Morgan fingerprint density at radius 1 is 0.857 bits per heavy atom. The second-order valence-corrected chi connectivity index (χ2v) is 4.28. The van der Waals surface area contributed by atoms with E-state index >= 15 is 0 Å². The lowest BCUT2D eigenvalue weighted by molar-refractivity contribution is 0.233. The highest BCUT2D eigenvalue weighted by Crippen LogP contribution is 2.16. The van der Waals surface area contributed by atoms with Gasteiger partial charge in [0.05, 0.1) is 0 Å². The van der Waals surface area contributed by atoms with Crippen molar-refractivity contribution in [2.75, 3.05) is 19.6 Å². The third-order valence-corrected chi connectivity index (χ3v) is 3.07. The maximum absolute atomic E-state index is 2.57. The van der Waals surface area contributed by atoms with Gasteiger partial charge in [-0.3, -0.25) is 0 Å². The summed E-state index contributed by atoms with van der Waals surface area (Å²) in [4.78, 5) is 2.57. The van der Waals surface area contributed by atoms with Crippen molar-refractivity contribution >= 4 is 0 Å². The molecule has 0 amide bonds. The molecule has 0 fully saturated rings. The third kappa shape index (κ3) is 6.42. The molecule has 1 heteroatoms. The average Bonchev–Trinajstić information content (AvgIpc) is 2.22. The molecule has 0 aromatic rings. The largest absolute Gasteiger partial charge is 0.304 e. The van der Waals surface area contributed by atoms with Crippen LogP contribution in [0.5, 0.6) is 0 Å². The van der Waals surface area contributed by atoms with Crippen molar-refractivity contribution in [3.63, 3.8) is 0 Å². The van der Waals surface area contributed by atoms with E-state index in [0.29, 0.717) is 0 Å². The zero-order chi connectivity index (χ0) is 10.8. The lowest BCUT2D eigenvalue weighted by Crippen LogP contribution is -2.29. The van der Waals surface area contributed by atoms with E-state index in [1.54, 1.807) is 0 Å². The molecule has 0 aliphatic heterocycles. The summed E-state index contributed by atoms with van der Waals surface area (Å²) < 4.78 is 0. The molecule has 0 aliphatic rings. The summed E-state index contributed by atoms with van der Waals surface area (Å²) in [5, 5.41) is 0. The van der Waals surface area contributed by atoms with Crippen LogP contribution in [0, 0.1) is 5.92 Å². The molecule has 0 aliphatic carbocycles. The molecule has 0 N–H and O–H groups in total. The molecule has 0 saturated heterocycles. The molecule has 1 nitrogen and oxygen atoms in total. The Morgan fingerprint density at radius 2 is 1.50 bits per heavy atom. The van der Waals surface area contributed by atoms with Gasteiger partial charge < -0.3 is 4.90 Å². The van der Waals surface area contributed by atoms with E-state index in [1.807, 2.05) is 0 Å². The van der Waals surface area contributed by atoms with Gasteiger partial charge in [-0.15, -0.1) is 0 Å². The van der Waals surface area contributed by atoms with Crippen molar-refractivity contribution in [1.29, 1.82) is 0 Å². The zero-order valence-electron chi connectivity index (χ0n) is 10.7. The predicted molar refractivity (Wildman–Crippen MR) is 65.7 cm³/mol. The van der Waals surface area contributed by atoms with Gasteiger partial charge in [-0.1, -0.05) is 47.0 Å². The lowest BCUT2D eigenvalue weighted by atomic mass is 9.96. The van der Waals surface area contributed by atoms with E-state index in [1.165, 1.54) is 51.7 Å². The second kappa shape index (κ2) is 9.51. The molecule has 0 radical (unpaired) electrons. The van der Waals surface area contributed by atoms with Gasteiger partial charge >= 0.3 is 0 Å². The molecule has 0 aromatic heterocycles. The normalized spacial score (nSPS) is 13.5. The molecule has 0 spiro atoms. The topological polar surface area (TPSA) is 3.24 Å². The monoisotopic (exact) mass is 199 g/mol. The fourth-order valence-corrected chi connectivity index (χ4v) is 2.07. The molecular weight excluding hydrogens is 170 g/mol. The number of hydrogen-bond donors (Lipinski definition) is 0. The molecule has 0 bridgehead atoms. The first-order valence-electron chi connectivity index (χ1n) is 6.50. The van der Waals surface area contributed by atoms with Gasteiger partial charge in [-0.2, -0.15) is 0 Å². The first kappa shape index (κ1) is 14.0. The van der Waals surface area contributed by atoms with E-state index in [9.17, 15) is 0 Å². The molecule has 0 saturated carbocycles. The van der Waals surface area contributed by atoms with E-state index in [2.05, 4.69) is 32.6 Å². The number of unbranched alkanes of at least 4 members (excludes halogenated alkanes) is 1. The number of rotatable bonds is 9. The highest BCUT2D eigenvalue weighted by atomic mass is 15.1. The Kier molecular flexibility index (Phi) is 9.49. The van der Waals surface area contributed by atoms with Crippen LogP contribution in [0.3, 0.4) is 0 Å². The van der Waals surface area contributed by atoms with E-state index in [4.69, 9.17) is 0 Å². The van der Waals surface area contributed by atoms with Crippen molar-refractivity contribution < 1.29 is 0 Å². The second-order valence-electron chi connectivity index (χ2n) is 4.28. The van der Waals surface area contributed by atoms with E-state index in [0.717, 1.165) is 5.92 Å². The number of hydrogen-bond acceptors (Lipinski definition) is 1. The first-order chi connectivity index (χ1) is 6.78. The SMILES string of the molecule is CCCCC(CCC)CN(CC)CC. The van der Waals surface area contributed by atoms with Gasteiger partial charge in [0.2, 0.25) is 0 Å². The Hall–Kier alpha value is -0.0400. The molecule has 0 rings (SSSR count). The van der Waals surface area contributed by atoms with Crippen molar-refractivity contribution in [3.05, 3.63) is 0 Å². The summed E-state index contributed by atoms with van der Waals surface area (Å²) in [5.74, 6) is 0.944. The third-order valence-electron chi connectivity index (χ3n) is 3.07. The highest BCUT2D eigenvalue weighted by molar-refractivity contribution is 4.64.